The fourth-order valence-corrected chi connectivity index (χ4v) is 2.04. The van der Waals surface area contributed by atoms with Crippen molar-refractivity contribution in [2.45, 2.75) is 26.4 Å². The molecule has 2 aromatic rings. The number of halogens is 1. The molecule has 2 aromatic carbocycles. The molecule has 0 heterocycles. The molecule has 7 heteroatoms. The Labute approximate surface area is 138 Å². The molecule has 0 saturated carbocycles. The first-order valence-electron chi connectivity index (χ1n) is 7.41. The van der Waals surface area contributed by atoms with Crippen molar-refractivity contribution in [2.24, 2.45) is 0 Å². The number of nitrogens with one attached hydrogen (secondary N) is 1. The average molecular weight is 332 g/mol. The van der Waals surface area contributed by atoms with Gasteiger partial charge in [0.05, 0.1) is 4.92 Å². The predicted molar refractivity (Wildman–Crippen MR) is 87.6 cm³/mol. The van der Waals surface area contributed by atoms with Gasteiger partial charge in [-0.1, -0.05) is 19.1 Å². The monoisotopic (exact) mass is 332 g/mol. The molecule has 0 saturated heterocycles. The van der Waals surface area contributed by atoms with Gasteiger partial charge in [-0.3, -0.25) is 14.9 Å². The van der Waals surface area contributed by atoms with E-state index in [2.05, 4.69) is 5.32 Å². The molecule has 0 aliphatic heterocycles. The summed E-state index contributed by atoms with van der Waals surface area (Å²) in [4.78, 5) is 22.4. The second-order valence-electron chi connectivity index (χ2n) is 5.17. The summed E-state index contributed by atoms with van der Waals surface area (Å²) < 4.78 is 18.5. The number of ether oxygens (including phenoxy) is 1. The number of nitrogens with zero attached hydrogens (tertiary/aromatic N) is 1. The molecule has 0 aliphatic rings. The summed E-state index contributed by atoms with van der Waals surface area (Å²) >= 11 is 0. The first-order chi connectivity index (χ1) is 11.4. The van der Waals surface area contributed by atoms with Crippen molar-refractivity contribution in [1.82, 2.24) is 0 Å². The number of benzene rings is 2. The largest absolute Gasteiger partial charge is 0.474 e. The lowest BCUT2D eigenvalue weighted by molar-refractivity contribution is -0.386. The number of amides is 1. The molecule has 1 N–H and O–H groups in total. The topological polar surface area (TPSA) is 81.5 Å². The third kappa shape index (κ3) is 4.28. The first kappa shape index (κ1) is 17.4. The Morgan fingerprint density at radius 3 is 2.54 bits per heavy atom. The number of hydrogen-bond donors (Lipinski definition) is 1. The highest BCUT2D eigenvalue weighted by Crippen LogP contribution is 2.28. The highest BCUT2D eigenvalue weighted by Gasteiger charge is 2.22. The van der Waals surface area contributed by atoms with Gasteiger partial charge in [0.25, 0.3) is 5.91 Å². The molecular formula is C17H17FN2O4. The zero-order valence-corrected chi connectivity index (χ0v) is 13.3. The van der Waals surface area contributed by atoms with Crippen LogP contribution in [-0.2, 0) is 11.2 Å². The number of hydrogen-bond acceptors (Lipinski definition) is 4. The second kappa shape index (κ2) is 7.54. The molecule has 1 amide bonds. The SMILES string of the molecule is CCc1ccc(NC(=O)[C@H](C)Oc2cc(F)ccc2[N+](=O)[O-])cc1. The molecule has 126 valence electrons. The molecule has 0 radical (unpaired) electrons. The highest BCUT2D eigenvalue weighted by atomic mass is 19.1. The zero-order valence-electron chi connectivity index (χ0n) is 13.3. The molecule has 0 aromatic heterocycles. The van der Waals surface area contributed by atoms with Crippen LogP contribution < -0.4 is 10.1 Å². The molecule has 0 aliphatic carbocycles. The first-order valence-corrected chi connectivity index (χ1v) is 7.41. The van der Waals surface area contributed by atoms with Crippen LogP contribution in [-0.4, -0.2) is 16.9 Å². The van der Waals surface area contributed by atoms with Crippen LogP contribution in [0.25, 0.3) is 0 Å². The average Bonchev–Trinajstić information content (AvgIpc) is 2.55. The fraction of sp³-hybridized carbons (Fsp3) is 0.235. The van der Waals surface area contributed by atoms with Crippen LogP contribution in [0, 0.1) is 15.9 Å². The van der Waals surface area contributed by atoms with E-state index >= 15 is 0 Å². The molecule has 0 spiro atoms. The van der Waals surface area contributed by atoms with Gasteiger partial charge in [-0.15, -0.1) is 0 Å². The molecule has 6 nitrogen and oxygen atoms in total. The van der Waals surface area contributed by atoms with Gasteiger partial charge in [-0.2, -0.15) is 0 Å². The summed E-state index contributed by atoms with van der Waals surface area (Å²) in [5, 5.41) is 13.6. The standard InChI is InChI=1S/C17H17FN2O4/c1-3-12-4-7-14(8-5-12)19-17(21)11(2)24-16-10-13(18)6-9-15(16)20(22)23/h4-11H,3H2,1-2H3,(H,19,21)/t11-/m0/s1. The number of anilines is 1. The van der Waals surface area contributed by atoms with Crippen LogP contribution in [0.1, 0.15) is 19.4 Å². The fourth-order valence-electron chi connectivity index (χ4n) is 2.04. The number of carbonyl (C=O) groups excluding carboxylic acids is 1. The molecule has 0 unspecified atom stereocenters. The lowest BCUT2D eigenvalue weighted by Crippen LogP contribution is -2.30. The summed E-state index contributed by atoms with van der Waals surface area (Å²) in [6, 6.07) is 10.1. The van der Waals surface area contributed by atoms with E-state index in [1.54, 1.807) is 12.1 Å². The number of rotatable bonds is 6. The maximum Gasteiger partial charge on any atom is 0.311 e. The third-order valence-corrected chi connectivity index (χ3v) is 3.42. The van der Waals surface area contributed by atoms with Crippen molar-refractivity contribution >= 4 is 17.3 Å². The van der Waals surface area contributed by atoms with Crippen LogP contribution in [0.3, 0.4) is 0 Å². The van der Waals surface area contributed by atoms with E-state index in [0.29, 0.717) is 5.69 Å². The Bertz CT molecular complexity index is 747. The van der Waals surface area contributed by atoms with E-state index in [9.17, 15) is 19.3 Å². The van der Waals surface area contributed by atoms with Crippen LogP contribution in [0.4, 0.5) is 15.8 Å². The summed E-state index contributed by atoms with van der Waals surface area (Å²) in [7, 11) is 0. The Morgan fingerprint density at radius 1 is 1.29 bits per heavy atom. The van der Waals surface area contributed by atoms with E-state index in [1.165, 1.54) is 6.92 Å². The van der Waals surface area contributed by atoms with Gasteiger partial charge in [0.15, 0.2) is 6.10 Å². The van der Waals surface area contributed by atoms with Crippen LogP contribution >= 0.6 is 0 Å². The van der Waals surface area contributed by atoms with Crippen molar-refractivity contribution in [2.75, 3.05) is 5.32 Å². The third-order valence-electron chi connectivity index (χ3n) is 3.42. The van der Waals surface area contributed by atoms with Gasteiger partial charge < -0.3 is 10.1 Å². The lowest BCUT2D eigenvalue weighted by atomic mass is 10.1. The molecule has 2 rings (SSSR count). The van der Waals surface area contributed by atoms with E-state index in [1.807, 2.05) is 19.1 Å². The van der Waals surface area contributed by atoms with Gasteiger partial charge in [0, 0.05) is 17.8 Å². The quantitative estimate of drug-likeness (QED) is 0.646. The van der Waals surface area contributed by atoms with Gasteiger partial charge >= 0.3 is 5.69 Å². The highest BCUT2D eigenvalue weighted by molar-refractivity contribution is 5.94. The van der Waals surface area contributed by atoms with Crippen molar-refractivity contribution in [3.05, 3.63) is 64.0 Å². The van der Waals surface area contributed by atoms with Gasteiger partial charge in [-0.25, -0.2) is 4.39 Å². The number of aryl methyl sites for hydroxylation is 1. The smallest absolute Gasteiger partial charge is 0.311 e. The Balaban J connectivity index is 2.08. The Hall–Kier alpha value is -2.96. The van der Waals surface area contributed by atoms with Crippen molar-refractivity contribution in [3.63, 3.8) is 0 Å². The van der Waals surface area contributed by atoms with E-state index in [0.717, 1.165) is 30.2 Å². The zero-order chi connectivity index (χ0) is 17.7. The Kier molecular flexibility index (Phi) is 5.47. The number of carbonyl (C=O) groups is 1. The lowest BCUT2D eigenvalue weighted by Gasteiger charge is -2.15. The Morgan fingerprint density at radius 2 is 1.96 bits per heavy atom. The van der Waals surface area contributed by atoms with E-state index < -0.39 is 28.4 Å². The molecule has 1 atom stereocenters. The summed E-state index contributed by atoms with van der Waals surface area (Å²) in [5.74, 6) is -1.46. The minimum absolute atomic E-state index is 0.288. The van der Waals surface area contributed by atoms with Crippen molar-refractivity contribution in [1.29, 1.82) is 0 Å². The van der Waals surface area contributed by atoms with Gasteiger partial charge in [0.1, 0.15) is 5.82 Å². The van der Waals surface area contributed by atoms with Crippen LogP contribution in [0.15, 0.2) is 42.5 Å². The number of nitro benzene ring substituents is 1. The second-order valence-corrected chi connectivity index (χ2v) is 5.17. The summed E-state index contributed by atoms with van der Waals surface area (Å²) in [5.41, 5.74) is 1.32. The molecule has 0 bridgehead atoms. The van der Waals surface area contributed by atoms with E-state index in [-0.39, 0.29) is 5.75 Å². The number of nitro groups is 1. The summed E-state index contributed by atoms with van der Waals surface area (Å²) in [6.45, 7) is 3.46. The van der Waals surface area contributed by atoms with Gasteiger partial charge in [0.2, 0.25) is 5.75 Å². The predicted octanol–water partition coefficient (Wildman–Crippen LogP) is 3.70. The molecule has 0 fully saturated rings. The minimum atomic E-state index is -1.03. The van der Waals surface area contributed by atoms with Gasteiger partial charge in [-0.05, 0) is 37.1 Å². The summed E-state index contributed by atoms with van der Waals surface area (Å²) in [6.07, 6.45) is -0.145. The van der Waals surface area contributed by atoms with Crippen LogP contribution in [0.2, 0.25) is 0 Å². The maximum absolute atomic E-state index is 13.3. The van der Waals surface area contributed by atoms with Crippen molar-refractivity contribution in [3.8, 4) is 5.75 Å². The minimum Gasteiger partial charge on any atom is -0.474 e. The molecule has 24 heavy (non-hydrogen) atoms. The maximum atomic E-state index is 13.3. The van der Waals surface area contributed by atoms with E-state index in [4.69, 9.17) is 4.74 Å². The molecular weight excluding hydrogens is 315 g/mol. The van der Waals surface area contributed by atoms with Crippen LogP contribution in [0.5, 0.6) is 5.75 Å². The normalized spacial score (nSPS) is 11.6. The van der Waals surface area contributed by atoms with Crippen molar-refractivity contribution < 1.29 is 18.8 Å².